The highest BCUT2D eigenvalue weighted by molar-refractivity contribution is 6.22. The molecule has 6 heteroatoms. The maximum Gasteiger partial charge on any atom is 0.183 e. The summed E-state index contributed by atoms with van der Waals surface area (Å²) in [7, 11) is 6.77. The van der Waals surface area contributed by atoms with Crippen LogP contribution in [-0.2, 0) is 4.79 Å². The maximum absolute atomic E-state index is 11.9. The van der Waals surface area contributed by atoms with Gasteiger partial charge in [0, 0.05) is 31.3 Å². The molecule has 1 aliphatic carbocycles. The van der Waals surface area contributed by atoms with Crippen LogP contribution in [0.15, 0.2) is 52.7 Å². The molecule has 1 atom stereocenters. The third-order valence-electron chi connectivity index (χ3n) is 5.44. The third-order valence-corrected chi connectivity index (χ3v) is 5.44. The zero-order valence-corrected chi connectivity index (χ0v) is 17.3. The van der Waals surface area contributed by atoms with Gasteiger partial charge in [-0.3, -0.25) is 4.79 Å². The minimum atomic E-state index is -0.0319. The number of aliphatic imine (C=N–C) groups is 1. The monoisotopic (exact) mass is 383 g/mol. The lowest BCUT2D eigenvalue weighted by molar-refractivity contribution is -0.893. The third kappa shape index (κ3) is 4.69. The van der Waals surface area contributed by atoms with Crippen molar-refractivity contribution in [1.29, 1.82) is 0 Å². The van der Waals surface area contributed by atoms with Crippen molar-refractivity contribution in [2.75, 3.05) is 52.3 Å². The molecule has 6 nitrogen and oxygen atoms in total. The lowest BCUT2D eigenvalue weighted by Crippen LogP contribution is -2.46. The molecule has 28 heavy (non-hydrogen) atoms. The zero-order chi connectivity index (χ0) is 20.3. The zero-order valence-electron chi connectivity index (χ0n) is 17.3. The summed E-state index contributed by atoms with van der Waals surface area (Å²) in [5.41, 5.74) is 4.09. The molecule has 1 aliphatic heterocycles. The number of benzene rings is 1. The minimum Gasteiger partial charge on any atom is -0.395 e. The van der Waals surface area contributed by atoms with Gasteiger partial charge in [0.05, 0.1) is 51.4 Å². The van der Waals surface area contributed by atoms with Crippen molar-refractivity contribution in [2.24, 2.45) is 4.99 Å². The number of hydrogen-bond acceptors (Lipinski definition) is 5. The number of allylic oxidation sites excluding steroid dienone is 3. The molecule has 2 N–H and O–H groups in total. The summed E-state index contributed by atoms with van der Waals surface area (Å²) in [6, 6.07) is 8.92. The van der Waals surface area contributed by atoms with Crippen LogP contribution >= 0.6 is 0 Å². The van der Waals surface area contributed by atoms with E-state index >= 15 is 0 Å². The molecular weight excluding hydrogens is 352 g/mol. The summed E-state index contributed by atoms with van der Waals surface area (Å²) < 4.78 is 0.989. The van der Waals surface area contributed by atoms with Gasteiger partial charge in [-0.2, -0.15) is 0 Å². The number of aliphatic hydroxyl groups excluding tert-OH is 1. The second-order valence-electron chi connectivity index (χ2n) is 8.42. The summed E-state index contributed by atoms with van der Waals surface area (Å²) >= 11 is 0. The first kappa shape index (κ1) is 20.3. The Kier molecular flexibility index (Phi) is 6.01. The largest absolute Gasteiger partial charge is 0.395 e. The number of aliphatic hydroxyl groups is 1. The number of nitrogens with zero attached hydrogens (tertiary/aromatic N) is 3. The summed E-state index contributed by atoms with van der Waals surface area (Å²) in [5.74, 6) is -0.0319. The molecule has 0 bridgehead atoms. The Morgan fingerprint density at radius 2 is 1.93 bits per heavy atom. The van der Waals surface area contributed by atoms with Gasteiger partial charge in [0.1, 0.15) is 6.04 Å². The molecule has 1 fully saturated rings. The van der Waals surface area contributed by atoms with Gasteiger partial charge in [-0.1, -0.05) is 0 Å². The first-order chi connectivity index (χ1) is 13.3. The number of carbonyl (C=O) groups excluding carboxylic acids is 1. The van der Waals surface area contributed by atoms with Crippen molar-refractivity contribution >= 4 is 22.9 Å². The molecule has 1 saturated heterocycles. The summed E-state index contributed by atoms with van der Waals surface area (Å²) in [4.78, 5) is 19.1. The van der Waals surface area contributed by atoms with Crippen molar-refractivity contribution in [3.8, 4) is 0 Å². The fraction of sp³-hybridized carbons (Fsp3) is 0.455. The number of rotatable bonds is 6. The van der Waals surface area contributed by atoms with Crippen molar-refractivity contribution in [3.05, 3.63) is 47.7 Å². The Hall–Kier alpha value is -2.44. The molecule has 0 radical (unpaired) electrons. The highest BCUT2D eigenvalue weighted by Gasteiger charge is 2.32. The topological polar surface area (TPSA) is 64.9 Å². The normalized spacial score (nSPS) is 21.8. The Labute approximate surface area is 167 Å². The van der Waals surface area contributed by atoms with E-state index in [1.165, 1.54) is 12.1 Å². The predicted molar refractivity (Wildman–Crippen MR) is 114 cm³/mol. The fourth-order valence-corrected chi connectivity index (χ4v) is 3.58. The summed E-state index contributed by atoms with van der Waals surface area (Å²) in [6.07, 6.45) is 4.55. The smallest absolute Gasteiger partial charge is 0.183 e. The van der Waals surface area contributed by atoms with E-state index in [-0.39, 0.29) is 12.4 Å². The number of nitrogens with one attached hydrogen (secondary N) is 1. The van der Waals surface area contributed by atoms with E-state index in [0.29, 0.717) is 29.6 Å². The first-order valence-corrected chi connectivity index (χ1v) is 9.82. The average Bonchev–Trinajstić information content (AvgIpc) is 3.14. The lowest BCUT2D eigenvalue weighted by atomic mass is 10.0. The quantitative estimate of drug-likeness (QED) is 0.583. The molecule has 0 aromatic heterocycles. The predicted octanol–water partition coefficient (Wildman–Crippen LogP) is 2.04. The number of ketones is 1. The highest BCUT2D eigenvalue weighted by atomic mass is 16.3. The van der Waals surface area contributed by atoms with Crippen molar-refractivity contribution < 1.29 is 14.4 Å². The standard InChI is InChI=1S/C22H30N4O2/c1-16-13-21(20(14-22(16)28)23-10-12-27)24-17-5-7-18(8-6-17)25-11-9-19(15-25)26(2,3)4/h5-8,13-14,19,27H,9-12,15H2,1-4H3/p+1/b24-21-. The Balaban J connectivity index is 1.76. The van der Waals surface area contributed by atoms with Crippen molar-refractivity contribution in [3.63, 3.8) is 0 Å². The molecule has 0 saturated carbocycles. The molecule has 0 amide bonds. The van der Waals surface area contributed by atoms with E-state index in [9.17, 15) is 4.79 Å². The van der Waals surface area contributed by atoms with Crippen LogP contribution in [0.3, 0.4) is 0 Å². The SMILES string of the molecule is CC1=C/C(=N/c2ccc(N3CCC([N+](C)(C)C)C3)cc2)C(NCCO)=CC1=O. The van der Waals surface area contributed by atoms with Gasteiger partial charge in [-0.15, -0.1) is 0 Å². The van der Waals surface area contributed by atoms with E-state index in [4.69, 9.17) is 10.1 Å². The molecule has 3 rings (SSSR count). The molecule has 1 unspecified atom stereocenters. The molecule has 150 valence electrons. The van der Waals surface area contributed by atoms with Crippen molar-refractivity contribution in [1.82, 2.24) is 5.32 Å². The van der Waals surface area contributed by atoms with Gasteiger partial charge < -0.3 is 19.8 Å². The summed E-state index contributed by atoms with van der Waals surface area (Å²) in [6.45, 7) is 4.32. The van der Waals surface area contributed by atoms with E-state index in [1.54, 1.807) is 19.1 Å². The van der Waals surface area contributed by atoms with Crippen LogP contribution in [0.25, 0.3) is 0 Å². The fourth-order valence-electron chi connectivity index (χ4n) is 3.58. The van der Waals surface area contributed by atoms with Gasteiger partial charge in [0.25, 0.3) is 0 Å². The van der Waals surface area contributed by atoms with E-state index in [2.05, 4.69) is 43.5 Å². The van der Waals surface area contributed by atoms with Crippen LogP contribution in [0.1, 0.15) is 13.3 Å². The van der Waals surface area contributed by atoms with Crippen LogP contribution in [0.2, 0.25) is 0 Å². The molecule has 1 heterocycles. The second-order valence-corrected chi connectivity index (χ2v) is 8.42. The second kappa shape index (κ2) is 8.29. The highest BCUT2D eigenvalue weighted by Crippen LogP contribution is 2.27. The van der Waals surface area contributed by atoms with Gasteiger partial charge >= 0.3 is 0 Å². The average molecular weight is 384 g/mol. The molecule has 2 aliphatic rings. The van der Waals surface area contributed by atoms with Crippen LogP contribution in [0, 0.1) is 0 Å². The summed E-state index contributed by atoms with van der Waals surface area (Å²) in [5, 5.41) is 12.1. The van der Waals surface area contributed by atoms with Crippen LogP contribution in [0.4, 0.5) is 11.4 Å². The van der Waals surface area contributed by atoms with Gasteiger partial charge in [-0.05, 0) is 42.8 Å². The Morgan fingerprint density at radius 1 is 1.21 bits per heavy atom. The van der Waals surface area contributed by atoms with E-state index < -0.39 is 0 Å². The van der Waals surface area contributed by atoms with Gasteiger partial charge in [-0.25, -0.2) is 4.99 Å². The van der Waals surface area contributed by atoms with E-state index in [0.717, 1.165) is 23.3 Å². The molecular formula is C22H31N4O2+. The number of quaternary nitrogens is 1. The molecule has 1 aromatic carbocycles. The lowest BCUT2D eigenvalue weighted by Gasteiger charge is -2.31. The number of likely N-dealkylation sites (N-methyl/N-ethyl adjacent to an activating group) is 1. The Morgan fingerprint density at radius 3 is 2.54 bits per heavy atom. The maximum atomic E-state index is 11.9. The number of anilines is 1. The molecule has 1 aromatic rings. The van der Waals surface area contributed by atoms with Crippen LogP contribution in [-0.4, -0.2) is 74.5 Å². The minimum absolute atomic E-state index is 0.000310. The Bertz CT molecular complexity index is 816. The van der Waals surface area contributed by atoms with Crippen LogP contribution < -0.4 is 10.2 Å². The van der Waals surface area contributed by atoms with Gasteiger partial charge in [0.15, 0.2) is 5.78 Å². The molecule has 0 spiro atoms. The van der Waals surface area contributed by atoms with Crippen molar-refractivity contribution in [2.45, 2.75) is 19.4 Å². The number of hydrogen-bond donors (Lipinski definition) is 2. The first-order valence-electron chi connectivity index (χ1n) is 9.82. The number of carbonyl (C=O) groups is 1. The van der Waals surface area contributed by atoms with Crippen LogP contribution in [0.5, 0.6) is 0 Å². The van der Waals surface area contributed by atoms with Gasteiger partial charge in [0.2, 0.25) is 0 Å². The van der Waals surface area contributed by atoms with E-state index in [1.807, 2.05) is 12.1 Å².